The third-order valence-corrected chi connectivity index (χ3v) is 4.61. The fourth-order valence-electron chi connectivity index (χ4n) is 3.05. The molecule has 0 aromatic rings. The van der Waals surface area contributed by atoms with Gasteiger partial charge in [0, 0.05) is 0 Å². The van der Waals surface area contributed by atoms with Gasteiger partial charge in [-0.25, -0.2) is 0 Å². The third kappa shape index (κ3) is 3.74. The second-order valence-corrected chi connectivity index (χ2v) is 6.00. The van der Waals surface area contributed by atoms with Gasteiger partial charge in [-0.3, -0.25) is 0 Å². The molecule has 0 amide bonds. The van der Waals surface area contributed by atoms with Crippen LogP contribution in [0, 0.1) is 11.3 Å². The molecule has 0 bridgehead atoms. The summed E-state index contributed by atoms with van der Waals surface area (Å²) in [5.41, 5.74) is 6.47. The van der Waals surface area contributed by atoms with Crippen molar-refractivity contribution in [3.63, 3.8) is 0 Å². The van der Waals surface area contributed by atoms with Crippen LogP contribution in [0.3, 0.4) is 0 Å². The molecule has 0 aliphatic heterocycles. The number of nitrogens with one attached hydrogen (secondary N) is 1. The van der Waals surface area contributed by atoms with Gasteiger partial charge in [0.2, 0.25) is 0 Å². The van der Waals surface area contributed by atoms with Crippen LogP contribution in [0.25, 0.3) is 0 Å². The minimum atomic E-state index is 0.491. The molecule has 0 atom stereocenters. The summed E-state index contributed by atoms with van der Waals surface area (Å²) in [5, 5.41) is 3.61. The maximum absolute atomic E-state index is 5.98. The fourth-order valence-corrected chi connectivity index (χ4v) is 3.05. The molecule has 2 fully saturated rings. The van der Waals surface area contributed by atoms with Gasteiger partial charge in [-0.15, -0.1) is 0 Å². The molecular formula is C14H28N2. The number of hydrogen-bond donors (Lipinski definition) is 2. The van der Waals surface area contributed by atoms with E-state index in [0.717, 1.165) is 12.5 Å². The van der Waals surface area contributed by atoms with Gasteiger partial charge >= 0.3 is 0 Å². The molecule has 3 N–H and O–H groups in total. The highest BCUT2D eigenvalue weighted by molar-refractivity contribution is 4.84. The largest absolute Gasteiger partial charge is 0.330 e. The third-order valence-electron chi connectivity index (χ3n) is 4.61. The Morgan fingerprint density at radius 1 is 1.06 bits per heavy atom. The summed E-state index contributed by atoms with van der Waals surface area (Å²) in [6, 6.07) is 0. The SMILES string of the molecule is NCC1(CCNCCC2CC2)CCCCC1. The summed E-state index contributed by atoms with van der Waals surface area (Å²) < 4.78 is 0. The predicted octanol–water partition coefficient (Wildman–Crippen LogP) is 2.68. The van der Waals surface area contributed by atoms with Gasteiger partial charge in [-0.2, -0.15) is 0 Å². The van der Waals surface area contributed by atoms with Gasteiger partial charge in [0.15, 0.2) is 0 Å². The smallest absolute Gasteiger partial charge is 0.00201 e. The number of rotatable bonds is 7. The van der Waals surface area contributed by atoms with Crippen molar-refractivity contribution in [2.75, 3.05) is 19.6 Å². The summed E-state index contributed by atoms with van der Waals surface area (Å²) >= 11 is 0. The first kappa shape index (κ1) is 12.4. The van der Waals surface area contributed by atoms with Crippen LogP contribution >= 0.6 is 0 Å². The number of nitrogens with two attached hydrogens (primary N) is 1. The van der Waals surface area contributed by atoms with E-state index in [4.69, 9.17) is 5.73 Å². The highest BCUT2D eigenvalue weighted by Gasteiger charge is 2.29. The molecule has 0 saturated heterocycles. The van der Waals surface area contributed by atoms with Crippen LogP contribution in [-0.2, 0) is 0 Å². The maximum atomic E-state index is 5.98. The second kappa shape index (κ2) is 6.02. The van der Waals surface area contributed by atoms with Crippen LogP contribution in [0.5, 0.6) is 0 Å². The first-order chi connectivity index (χ1) is 7.85. The molecule has 0 radical (unpaired) electrons. The Morgan fingerprint density at radius 3 is 2.44 bits per heavy atom. The first-order valence-electron chi connectivity index (χ1n) is 7.25. The molecular weight excluding hydrogens is 196 g/mol. The van der Waals surface area contributed by atoms with E-state index >= 15 is 0 Å². The molecule has 2 rings (SSSR count). The molecule has 0 spiro atoms. The standard InChI is InChI=1S/C14H28N2/c15-12-14(7-2-1-3-8-14)9-11-16-10-6-13-4-5-13/h13,16H,1-12,15H2. The Morgan fingerprint density at radius 2 is 1.81 bits per heavy atom. The number of hydrogen-bond acceptors (Lipinski definition) is 2. The second-order valence-electron chi connectivity index (χ2n) is 6.00. The molecule has 94 valence electrons. The van der Waals surface area contributed by atoms with E-state index < -0.39 is 0 Å². The quantitative estimate of drug-likeness (QED) is 0.653. The average molecular weight is 224 g/mol. The van der Waals surface area contributed by atoms with Crippen molar-refractivity contribution in [3.8, 4) is 0 Å². The Labute approximate surface area is 100 Å². The first-order valence-corrected chi connectivity index (χ1v) is 7.25. The summed E-state index contributed by atoms with van der Waals surface area (Å²) in [7, 11) is 0. The van der Waals surface area contributed by atoms with Crippen molar-refractivity contribution in [3.05, 3.63) is 0 Å². The minimum absolute atomic E-state index is 0.491. The highest BCUT2D eigenvalue weighted by atomic mass is 14.9. The van der Waals surface area contributed by atoms with E-state index in [-0.39, 0.29) is 0 Å². The lowest BCUT2D eigenvalue weighted by Crippen LogP contribution is -2.36. The maximum Gasteiger partial charge on any atom is -0.00201 e. The monoisotopic (exact) mass is 224 g/mol. The molecule has 2 saturated carbocycles. The van der Waals surface area contributed by atoms with Crippen LogP contribution in [0.4, 0.5) is 0 Å². The van der Waals surface area contributed by atoms with E-state index in [0.29, 0.717) is 5.41 Å². The van der Waals surface area contributed by atoms with Crippen molar-refractivity contribution in [1.82, 2.24) is 5.32 Å². The van der Waals surface area contributed by atoms with Crippen molar-refractivity contribution in [1.29, 1.82) is 0 Å². The zero-order chi connectivity index (χ0) is 11.3. The van der Waals surface area contributed by atoms with Crippen molar-refractivity contribution >= 4 is 0 Å². The van der Waals surface area contributed by atoms with Gasteiger partial charge in [0.1, 0.15) is 0 Å². The molecule has 2 nitrogen and oxygen atoms in total. The summed E-state index contributed by atoms with van der Waals surface area (Å²) in [6.07, 6.45) is 12.6. The van der Waals surface area contributed by atoms with E-state index in [1.165, 1.54) is 70.9 Å². The van der Waals surface area contributed by atoms with Gasteiger partial charge < -0.3 is 11.1 Å². The van der Waals surface area contributed by atoms with Gasteiger partial charge in [0.25, 0.3) is 0 Å². The van der Waals surface area contributed by atoms with Gasteiger partial charge in [-0.05, 0) is 56.7 Å². The molecule has 0 aromatic carbocycles. The zero-order valence-electron chi connectivity index (χ0n) is 10.6. The lowest BCUT2D eigenvalue weighted by molar-refractivity contribution is 0.181. The van der Waals surface area contributed by atoms with Crippen LogP contribution in [0.1, 0.15) is 57.8 Å². The average Bonchev–Trinajstić information content (AvgIpc) is 3.14. The van der Waals surface area contributed by atoms with Crippen LogP contribution in [0.15, 0.2) is 0 Å². The molecule has 2 aliphatic rings. The molecule has 0 unspecified atom stereocenters. The lowest BCUT2D eigenvalue weighted by Gasteiger charge is -2.36. The fraction of sp³-hybridized carbons (Fsp3) is 1.00. The Balaban J connectivity index is 1.57. The van der Waals surface area contributed by atoms with Gasteiger partial charge in [-0.1, -0.05) is 32.1 Å². The van der Waals surface area contributed by atoms with Crippen molar-refractivity contribution in [2.24, 2.45) is 17.1 Å². The van der Waals surface area contributed by atoms with Gasteiger partial charge in [0.05, 0.1) is 0 Å². The van der Waals surface area contributed by atoms with Crippen LogP contribution in [-0.4, -0.2) is 19.6 Å². The van der Waals surface area contributed by atoms with Crippen molar-refractivity contribution < 1.29 is 0 Å². The zero-order valence-corrected chi connectivity index (χ0v) is 10.6. The Kier molecular flexibility index (Phi) is 4.66. The Hall–Kier alpha value is -0.0800. The van der Waals surface area contributed by atoms with Crippen molar-refractivity contribution in [2.45, 2.75) is 57.8 Å². The molecule has 0 heterocycles. The van der Waals surface area contributed by atoms with E-state index in [1.807, 2.05) is 0 Å². The van der Waals surface area contributed by atoms with E-state index in [9.17, 15) is 0 Å². The molecule has 2 aliphatic carbocycles. The summed E-state index contributed by atoms with van der Waals surface area (Å²) in [6.45, 7) is 3.31. The lowest BCUT2D eigenvalue weighted by atomic mass is 9.72. The molecule has 0 aromatic heterocycles. The summed E-state index contributed by atoms with van der Waals surface area (Å²) in [4.78, 5) is 0. The van der Waals surface area contributed by atoms with Crippen LogP contribution < -0.4 is 11.1 Å². The molecule has 16 heavy (non-hydrogen) atoms. The highest BCUT2D eigenvalue weighted by Crippen LogP contribution is 2.38. The van der Waals surface area contributed by atoms with E-state index in [1.54, 1.807) is 0 Å². The van der Waals surface area contributed by atoms with Crippen LogP contribution in [0.2, 0.25) is 0 Å². The van der Waals surface area contributed by atoms with E-state index in [2.05, 4.69) is 5.32 Å². The summed E-state index contributed by atoms with van der Waals surface area (Å²) in [5.74, 6) is 1.06. The normalized spacial score (nSPS) is 24.6. The minimum Gasteiger partial charge on any atom is -0.330 e. The predicted molar refractivity (Wildman–Crippen MR) is 69.4 cm³/mol. The topological polar surface area (TPSA) is 38.0 Å². The molecule has 2 heteroatoms. The Bertz CT molecular complexity index is 193.